The van der Waals surface area contributed by atoms with Crippen LogP contribution in [-0.4, -0.2) is 9.78 Å². The maximum atomic E-state index is 11.6. The summed E-state index contributed by atoms with van der Waals surface area (Å²) in [6.07, 6.45) is 10.2. The average molecular weight is 174 g/mol. The number of hydrogen-bond acceptors (Lipinski definition) is 2. The van der Waals surface area contributed by atoms with Crippen LogP contribution in [0, 0.1) is 0 Å². The molecule has 0 fully saturated rings. The van der Waals surface area contributed by atoms with Gasteiger partial charge in [0.15, 0.2) is 0 Å². The minimum atomic E-state index is -0.0301. The van der Waals surface area contributed by atoms with Crippen molar-refractivity contribution in [1.29, 1.82) is 0 Å². The summed E-state index contributed by atoms with van der Waals surface area (Å²) in [5.74, 6) is 0. The molecule has 1 aliphatic carbocycles. The molecule has 3 heteroatoms. The summed E-state index contributed by atoms with van der Waals surface area (Å²) >= 11 is 0. The van der Waals surface area contributed by atoms with Gasteiger partial charge in [-0.2, -0.15) is 5.10 Å². The average Bonchev–Trinajstić information content (AvgIpc) is 2.36. The highest BCUT2D eigenvalue weighted by molar-refractivity contribution is 5.55. The summed E-state index contributed by atoms with van der Waals surface area (Å²) in [5.41, 5.74) is 1.72. The van der Waals surface area contributed by atoms with Crippen molar-refractivity contribution in [2.45, 2.75) is 6.42 Å². The van der Waals surface area contributed by atoms with Gasteiger partial charge in [-0.1, -0.05) is 18.2 Å². The summed E-state index contributed by atoms with van der Waals surface area (Å²) < 4.78 is 1.36. The van der Waals surface area contributed by atoms with E-state index >= 15 is 0 Å². The topological polar surface area (TPSA) is 34.9 Å². The Morgan fingerprint density at radius 1 is 1.46 bits per heavy atom. The van der Waals surface area contributed by atoms with Crippen LogP contribution in [0.15, 0.2) is 29.2 Å². The molecule has 66 valence electrons. The fraction of sp³-hybridized carbons (Fsp3) is 0.200. The van der Waals surface area contributed by atoms with E-state index in [0.717, 1.165) is 17.5 Å². The van der Waals surface area contributed by atoms with Gasteiger partial charge < -0.3 is 0 Å². The molecule has 1 aliphatic rings. The lowest BCUT2D eigenvalue weighted by Crippen LogP contribution is -2.22. The lowest BCUT2D eigenvalue weighted by Gasteiger charge is -2.02. The molecule has 0 N–H and O–H groups in total. The highest BCUT2D eigenvalue weighted by atomic mass is 16.1. The molecule has 13 heavy (non-hydrogen) atoms. The van der Waals surface area contributed by atoms with Gasteiger partial charge in [-0.25, -0.2) is 4.68 Å². The molecule has 2 rings (SSSR count). The fourth-order valence-corrected chi connectivity index (χ4v) is 1.36. The van der Waals surface area contributed by atoms with Crippen molar-refractivity contribution in [3.05, 3.63) is 45.9 Å². The van der Waals surface area contributed by atoms with E-state index in [0.29, 0.717) is 0 Å². The molecule has 1 aromatic heterocycles. The van der Waals surface area contributed by atoms with E-state index in [-0.39, 0.29) is 5.56 Å². The molecule has 0 bridgehead atoms. The Labute approximate surface area is 76.0 Å². The first-order chi connectivity index (χ1) is 6.29. The first-order valence-electron chi connectivity index (χ1n) is 4.17. The molecule has 0 spiro atoms. The van der Waals surface area contributed by atoms with Crippen LogP contribution in [-0.2, 0) is 13.5 Å². The number of rotatable bonds is 0. The van der Waals surface area contributed by atoms with Gasteiger partial charge in [-0.3, -0.25) is 4.79 Å². The Morgan fingerprint density at radius 3 is 3.15 bits per heavy atom. The van der Waals surface area contributed by atoms with Gasteiger partial charge in [-0.15, -0.1) is 0 Å². The van der Waals surface area contributed by atoms with Crippen molar-refractivity contribution in [3.63, 3.8) is 0 Å². The van der Waals surface area contributed by atoms with Crippen LogP contribution in [0.5, 0.6) is 0 Å². The maximum absolute atomic E-state index is 11.6. The van der Waals surface area contributed by atoms with E-state index in [2.05, 4.69) is 5.10 Å². The zero-order chi connectivity index (χ0) is 9.26. The standard InChI is InChI=1S/C10H10N2O/c1-12-10(13)9-6-4-2-3-5-8(9)7-11-12/h2-4,6-7H,5H2,1H3. The Morgan fingerprint density at radius 2 is 2.31 bits per heavy atom. The van der Waals surface area contributed by atoms with Gasteiger partial charge in [0, 0.05) is 12.6 Å². The molecule has 0 atom stereocenters. The molecule has 0 saturated carbocycles. The Balaban J connectivity index is 2.70. The third-order valence-corrected chi connectivity index (χ3v) is 2.10. The van der Waals surface area contributed by atoms with Gasteiger partial charge in [0.25, 0.3) is 5.56 Å². The Hall–Kier alpha value is -1.64. The number of nitrogens with zero attached hydrogens (tertiary/aromatic N) is 2. The molecule has 0 aromatic carbocycles. The number of aryl methyl sites for hydroxylation is 1. The Bertz CT molecular complexity index is 441. The van der Waals surface area contributed by atoms with Crippen molar-refractivity contribution in [2.24, 2.45) is 7.05 Å². The van der Waals surface area contributed by atoms with Crippen LogP contribution < -0.4 is 5.56 Å². The zero-order valence-electron chi connectivity index (χ0n) is 7.40. The van der Waals surface area contributed by atoms with E-state index in [4.69, 9.17) is 0 Å². The molecular formula is C10H10N2O. The molecule has 0 radical (unpaired) electrons. The van der Waals surface area contributed by atoms with Crippen molar-refractivity contribution in [2.75, 3.05) is 0 Å². The van der Waals surface area contributed by atoms with Gasteiger partial charge in [0.05, 0.1) is 6.20 Å². The van der Waals surface area contributed by atoms with Gasteiger partial charge in [0.2, 0.25) is 0 Å². The summed E-state index contributed by atoms with van der Waals surface area (Å²) in [7, 11) is 1.66. The number of fused-ring (bicyclic) bond motifs is 1. The molecule has 1 aromatic rings. The van der Waals surface area contributed by atoms with Crippen LogP contribution >= 0.6 is 0 Å². The first-order valence-corrected chi connectivity index (χ1v) is 4.17. The molecular weight excluding hydrogens is 164 g/mol. The minimum absolute atomic E-state index is 0.0301. The van der Waals surface area contributed by atoms with Gasteiger partial charge in [0.1, 0.15) is 0 Å². The summed E-state index contributed by atoms with van der Waals surface area (Å²) in [4.78, 5) is 11.6. The SMILES string of the molecule is Cn1ncc2c(c1=O)C=CC=CC2. The minimum Gasteiger partial charge on any atom is -0.267 e. The van der Waals surface area contributed by atoms with Crippen molar-refractivity contribution in [3.8, 4) is 0 Å². The van der Waals surface area contributed by atoms with Crippen molar-refractivity contribution in [1.82, 2.24) is 9.78 Å². The summed E-state index contributed by atoms with van der Waals surface area (Å²) in [5, 5.41) is 3.97. The third kappa shape index (κ3) is 1.33. The molecule has 0 aliphatic heterocycles. The van der Waals surface area contributed by atoms with E-state index < -0.39 is 0 Å². The quantitative estimate of drug-likeness (QED) is 0.586. The third-order valence-electron chi connectivity index (χ3n) is 2.10. The van der Waals surface area contributed by atoms with E-state index in [1.165, 1.54) is 4.68 Å². The smallest absolute Gasteiger partial charge is 0.267 e. The summed E-state index contributed by atoms with van der Waals surface area (Å²) in [6, 6.07) is 0. The number of aromatic nitrogens is 2. The maximum Gasteiger partial charge on any atom is 0.274 e. The molecule has 1 heterocycles. The fourth-order valence-electron chi connectivity index (χ4n) is 1.36. The zero-order valence-corrected chi connectivity index (χ0v) is 7.40. The van der Waals surface area contributed by atoms with Crippen LogP contribution in [0.2, 0.25) is 0 Å². The monoisotopic (exact) mass is 174 g/mol. The normalized spacial score (nSPS) is 13.9. The van der Waals surface area contributed by atoms with Crippen LogP contribution in [0.3, 0.4) is 0 Å². The highest BCUT2D eigenvalue weighted by Gasteiger charge is 2.06. The highest BCUT2D eigenvalue weighted by Crippen LogP contribution is 2.09. The Kier molecular flexibility index (Phi) is 1.85. The predicted octanol–water partition coefficient (Wildman–Crippen LogP) is 0.906. The second-order valence-electron chi connectivity index (χ2n) is 3.00. The van der Waals surface area contributed by atoms with Gasteiger partial charge in [-0.05, 0) is 18.1 Å². The lowest BCUT2D eigenvalue weighted by atomic mass is 10.1. The number of allylic oxidation sites excluding steroid dienone is 3. The number of hydrogen-bond donors (Lipinski definition) is 0. The van der Waals surface area contributed by atoms with E-state index in [1.54, 1.807) is 13.2 Å². The van der Waals surface area contributed by atoms with E-state index in [1.807, 2.05) is 24.3 Å². The largest absolute Gasteiger partial charge is 0.274 e. The van der Waals surface area contributed by atoms with Crippen molar-refractivity contribution >= 4 is 6.08 Å². The molecule has 0 amide bonds. The van der Waals surface area contributed by atoms with Gasteiger partial charge >= 0.3 is 0 Å². The van der Waals surface area contributed by atoms with Crippen molar-refractivity contribution < 1.29 is 0 Å². The summed E-state index contributed by atoms with van der Waals surface area (Å²) in [6.45, 7) is 0. The predicted molar refractivity (Wildman–Crippen MR) is 51.4 cm³/mol. The van der Waals surface area contributed by atoms with Crippen LogP contribution in [0.4, 0.5) is 0 Å². The molecule has 0 saturated heterocycles. The first kappa shape index (κ1) is 7.98. The second kappa shape index (κ2) is 3.01. The lowest BCUT2D eigenvalue weighted by molar-refractivity contribution is 0.699. The van der Waals surface area contributed by atoms with E-state index in [9.17, 15) is 4.79 Å². The molecule has 3 nitrogen and oxygen atoms in total. The second-order valence-corrected chi connectivity index (χ2v) is 3.00. The molecule has 0 unspecified atom stereocenters. The van der Waals surface area contributed by atoms with Crippen LogP contribution in [0.25, 0.3) is 6.08 Å². The van der Waals surface area contributed by atoms with Crippen LogP contribution in [0.1, 0.15) is 11.1 Å².